The summed E-state index contributed by atoms with van der Waals surface area (Å²) < 4.78 is 32.6. The molecule has 0 unspecified atom stereocenters. The van der Waals surface area contributed by atoms with Crippen molar-refractivity contribution in [3.05, 3.63) is 41.4 Å². The van der Waals surface area contributed by atoms with Crippen LogP contribution >= 0.6 is 23.4 Å². The van der Waals surface area contributed by atoms with Gasteiger partial charge in [-0.15, -0.1) is 11.8 Å². The molecule has 0 saturated heterocycles. The minimum atomic E-state index is -3.81. The van der Waals surface area contributed by atoms with Gasteiger partial charge >= 0.3 is 0 Å². The fourth-order valence-electron chi connectivity index (χ4n) is 2.17. The molecule has 9 heteroatoms. The van der Waals surface area contributed by atoms with Crippen molar-refractivity contribution in [3.63, 3.8) is 0 Å². The molecule has 1 amide bonds. The van der Waals surface area contributed by atoms with Crippen molar-refractivity contribution >= 4 is 50.7 Å². The Kier molecular flexibility index (Phi) is 4.62. The van der Waals surface area contributed by atoms with Crippen molar-refractivity contribution in [2.75, 3.05) is 22.9 Å². The van der Waals surface area contributed by atoms with Crippen molar-refractivity contribution in [2.45, 2.75) is 9.79 Å². The van der Waals surface area contributed by atoms with E-state index in [1.165, 1.54) is 37.1 Å². The Labute approximate surface area is 148 Å². The van der Waals surface area contributed by atoms with Gasteiger partial charge in [0.1, 0.15) is 5.75 Å². The molecular weight excluding hydrogens is 372 g/mol. The number of nitrogens with one attached hydrogen (secondary N) is 2. The smallest absolute Gasteiger partial charge is 0.261 e. The third-order valence-corrected chi connectivity index (χ3v) is 6.05. The lowest BCUT2D eigenvalue weighted by Crippen LogP contribution is -2.20. The number of thioether (sulfide) groups is 1. The van der Waals surface area contributed by atoms with Crippen molar-refractivity contribution in [1.29, 1.82) is 0 Å². The van der Waals surface area contributed by atoms with Crippen LogP contribution in [0.3, 0.4) is 0 Å². The lowest BCUT2D eigenvalue weighted by atomic mass is 10.3. The van der Waals surface area contributed by atoms with E-state index in [2.05, 4.69) is 10.0 Å². The number of anilines is 2. The highest BCUT2D eigenvalue weighted by Crippen LogP contribution is 2.34. The summed E-state index contributed by atoms with van der Waals surface area (Å²) in [7, 11) is -2.33. The summed E-state index contributed by atoms with van der Waals surface area (Å²) in [6, 6.07) is 9.20. The van der Waals surface area contributed by atoms with Crippen molar-refractivity contribution in [3.8, 4) is 5.75 Å². The SMILES string of the molecule is COc1ccc(NS(=O)(=O)c2ccc3c(c2)NC(=O)CS3)cc1Cl. The summed E-state index contributed by atoms with van der Waals surface area (Å²) in [5.74, 6) is 0.617. The second-order valence-electron chi connectivity index (χ2n) is 4.95. The number of methoxy groups -OCH3 is 1. The third-order valence-electron chi connectivity index (χ3n) is 3.30. The molecule has 0 radical (unpaired) electrons. The maximum absolute atomic E-state index is 12.5. The normalized spacial score (nSPS) is 13.8. The first kappa shape index (κ1) is 16.9. The minimum absolute atomic E-state index is 0.0518. The number of amides is 1. The first-order chi connectivity index (χ1) is 11.4. The number of halogens is 1. The van der Waals surface area contributed by atoms with Gasteiger partial charge in [-0.3, -0.25) is 9.52 Å². The van der Waals surface area contributed by atoms with E-state index in [0.29, 0.717) is 27.9 Å². The second kappa shape index (κ2) is 6.54. The molecule has 6 nitrogen and oxygen atoms in total. The maximum Gasteiger partial charge on any atom is 0.261 e. The first-order valence-electron chi connectivity index (χ1n) is 6.82. The molecule has 1 aliphatic rings. The minimum Gasteiger partial charge on any atom is -0.495 e. The van der Waals surface area contributed by atoms with E-state index in [9.17, 15) is 13.2 Å². The standard InChI is InChI=1S/C15H13ClN2O4S2/c1-22-13-4-2-9(6-11(13)16)18-24(20,21)10-3-5-14-12(7-10)17-15(19)8-23-14/h2-7,18H,8H2,1H3,(H,17,19). The Balaban J connectivity index is 1.89. The van der Waals surface area contributed by atoms with Gasteiger partial charge < -0.3 is 10.1 Å². The van der Waals surface area contributed by atoms with Gasteiger partial charge in [-0.2, -0.15) is 0 Å². The molecule has 2 aromatic rings. The van der Waals surface area contributed by atoms with Gasteiger partial charge in [-0.1, -0.05) is 11.6 Å². The van der Waals surface area contributed by atoms with Gasteiger partial charge in [0, 0.05) is 4.90 Å². The summed E-state index contributed by atoms with van der Waals surface area (Å²) in [5, 5.41) is 2.97. The molecule has 0 spiro atoms. The zero-order valence-electron chi connectivity index (χ0n) is 12.5. The van der Waals surface area contributed by atoms with E-state index in [0.717, 1.165) is 4.90 Å². The molecule has 0 aliphatic carbocycles. The van der Waals surface area contributed by atoms with Gasteiger partial charge in [-0.05, 0) is 36.4 Å². The maximum atomic E-state index is 12.5. The molecule has 0 bridgehead atoms. The predicted molar refractivity (Wildman–Crippen MR) is 94.6 cm³/mol. The average molecular weight is 385 g/mol. The van der Waals surface area contributed by atoms with Gasteiger partial charge in [0.25, 0.3) is 10.0 Å². The molecular formula is C15H13ClN2O4S2. The Bertz CT molecular complexity index is 916. The monoisotopic (exact) mass is 384 g/mol. The number of fused-ring (bicyclic) bond motifs is 1. The predicted octanol–water partition coefficient (Wildman–Crippen LogP) is 3.19. The fraction of sp³-hybridized carbons (Fsp3) is 0.133. The highest BCUT2D eigenvalue weighted by molar-refractivity contribution is 8.00. The zero-order valence-corrected chi connectivity index (χ0v) is 14.9. The summed E-state index contributed by atoms with van der Waals surface area (Å²) >= 11 is 7.37. The molecule has 0 saturated carbocycles. The van der Waals surface area contributed by atoms with Crippen molar-refractivity contribution < 1.29 is 17.9 Å². The number of ether oxygens (including phenoxy) is 1. The van der Waals surface area contributed by atoms with Crippen molar-refractivity contribution in [1.82, 2.24) is 0 Å². The van der Waals surface area contributed by atoms with Crippen LogP contribution in [0.4, 0.5) is 11.4 Å². The Morgan fingerprint density at radius 3 is 2.75 bits per heavy atom. The number of carbonyl (C=O) groups excluding carboxylic acids is 1. The summed E-state index contributed by atoms with van der Waals surface area (Å²) in [5.41, 5.74) is 0.809. The Morgan fingerprint density at radius 1 is 1.25 bits per heavy atom. The van der Waals surface area contributed by atoms with E-state index in [1.54, 1.807) is 18.2 Å². The van der Waals surface area contributed by atoms with Gasteiger partial charge in [0.05, 0.1) is 34.2 Å². The number of rotatable bonds is 4. The lowest BCUT2D eigenvalue weighted by molar-refractivity contribution is -0.113. The summed E-state index contributed by atoms with van der Waals surface area (Å²) in [4.78, 5) is 12.3. The Morgan fingerprint density at radius 2 is 2.04 bits per heavy atom. The number of carbonyl (C=O) groups is 1. The van der Waals surface area contributed by atoms with Gasteiger partial charge in [0.2, 0.25) is 5.91 Å². The van der Waals surface area contributed by atoms with Crippen LogP contribution in [0.2, 0.25) is 5.02 Å². The molecule has 126 valence electrons. The molecule has 0 atom stereocenters. The molecule has 2 aromatic carbocycles. The van der Waals surface area contributed by atoms with E-state index < -0.39 is 10.0 Å². The third kappa shape index (κ3) is 3.45. The molecule has 2 N–H and O–H groups in total. The highest BCUT2D eigenvalue weighted by Gasteiger charge is 2.20. The van der Waals surface area contributed by atoms with Gasteiger partial charge in [-0.25, -0.2) is 8.42 Å². The lowest BCUT2D eigenvalue weighted by Gasteiger charge is -2.17. The molecule has 0 fully saturated rings. The van der Waals surface area contributed by atoms with E-state index >= 15 is 0 Å². The van der Waals surface area contributed by atoms with Crippen LogP contribution in [0.25, 0.3) is 0 Å². The van der Waals surface area contributed by atoms with E-state index in [4.69, 9.17) is 16.3 Å². The summed E-state index contributed by atoms with van der Waals surface area (Å²) in [6.45, 7) is 0. The number of hydrogen-bond acceptors (Lipinski definition) is 5. The number of benzene rings is 2. The molecule has 0 aromatic heterocycles. The van der Waals surface area contributed by atoms with Crippen LogP contribution in [0.15, 0.2) is 46.2 Å². The largest absolute Gasteiger partial charge is 0.495 e. The number of sulfonamides is 1. The molecule has 1 heterocycles. The molecule has 24 heavy (non-hydrogen) atoms. The average Bonchev–Trinajstić information content (AvgIpc) is 2.54. The van der Waals surface area contributed by atoms with Crippen LogP contribution in [0.5, 0.6) is 5.75 Å². The highest BCUT2D eigenvalue weighted by atomic mass is 35.5. The van der Waals surface area contributed by atoms with Gasteiger partial charge in [0.15, 0.2) is 0 Å². The van der Waals surface area contributed by atoms with Crippen LogP contribution < -0.4 is 14.8 Å². The first-order valence-corrected chi connectivity index (χ1v) is 9.67. The quantitative estimate of drug-likeness (QED) is 0.845. The van der Waals surface area contributed by atoms with Crippen LogP contribution in [-0.2, 0) is 14.8 Å². The zero-order chi connectivity index (χ0) is 17.3. The van der Waals surface area contributed by atoms with Crippen molar-refractivity contribution in [2.24, 2.45) is 0 Å². The molecule has 3 rings (SSSR count). The van der Waals surface area contributed by atoms with Crippen LogP contribution in [0.1, 0.15) is 0 Å². The van der Waals surface area contributed by atoms with E-state index in [1.807, 2.05) is 0 Å². The summed E-state index contributed by atoms with van der Waals surface area (Å²) in [6.07, 6.45) is 0. The fourth-order valence-corrected chi connectivity index (χ4v) is 4.29. The molecule has 1 aliphatic heterocycles. The van der Waals surface area contributed by atoms with Crippen LogP contribution in [-0.4, -0.2) is 27.2 Å². The number of hydrogen-bond donors (Lipinski definition) is 2. The van der Waals surface area contributed by atoms with Crippen LogP contribution in [0, 0.1) is 0 Å². The Hall–Kier alpha value is -1.90. The van der Waals surface area contributed by atoms with E-state index in [-0.39, 0.29) is 10.8 Å². The topological polar surface area (TPSA) is 84.5 Å². The second-order valence-corrected chi connectivity index (χ2v) is 8.06.